The minimum atomic E-state index is 0.321. The van der Waals surface area contributed by atoms with Crippen molar-refractivity contribution in [2.24, 2.45) is 0 Å². The lowest BCUT2D eigenvalue weighted by Gasteiger charge is -2.04. The number of rotatable bonds is 4. The molecule has 2 rings (SSSR count). The van der Waals surface area contributed by atoms with Crippen molar-refractivity contribution >= 4 is 10.8 Å². The van der Waals surface area contributed by atoms with Gasteiger partial charge in [0.1, 0.15) is 5.75 Å². The Balaban J connectivity index is 2.21. The van der Waals surface area contributed by atoms with Crippen LogP contribution in [0.3, 0.4) is 0 Å². The molecule has 0 bridgehead atoms. The van der Waals surface area contributed by atoms with Crippen LogP contribution in [0.2, 0.25) is 0 Å². The van der Waals surface area contributed by atoms with Gasteiger partial charge < -0.3 is 9.84 Å². The van der Waals surface area contributed by atoms with E-state index >= 15 is 0 Å². The monoisotopic (exact) mass is 216 g/mol. The largest absolute Gasteiger partial charge is 0.508 e. The number of benzene rings is 2. The fraction of sp³-hybridized carbons (Fsp3) is 0.286. The van der Waals surface area contributed by atoms with Crippen LogP contribution in [0.4, 0.5) is 0 Å². The van der Waals surface area contributed by atoms with E-state index in [2.05, 4.69) is 18.2 Å². The van der Waals surface area contributed by atoms with Gasteiger partial charge in [0.15, 0.2) is 0 Å². The van der Waals surface area contributed by atoms with E-state index in [4.69, 9.17) is 4.74 Å². The maximum absolute atomic E-state index is 9.42. The molecule has 0 saturated heterocycles. The third kappa shape index (κ3) is 2.52. The first-order chi connectivity index (χ1) is 7.79. The summed E-state index contributed by atoms with van der Waals surface area (Å²) in [7, 11) is 1.72. The van der Waals surface area contributed by atoms with E-state index in [0.29, 0.717) is 5.75 Å². The van der Waals surface area contributed by atoms with Crippen LogP contribution < -0.4 is 0 Å². The van der Waals surface area contributed by atoms with Crippen molar-refractivity contribution in [2.75, 3.05) is 13.7 Å². The summed E-state index contributed by atoms with van der Waals surface area (Å²) in [6, 6.07) is 11.8. The van der Waals surface area contributed by atoms with Gasteiger partial charge in [-0.15, -0.1) is 0 Å². The topological polar surface area (TPSA) is 29.5 Å². The zero-order valence-electron chi connectivity index (χ0n) is 9.44. The predicted molar refractivity (Wildman–Crippen MR) is 65.8 cm³/mol. The highest BCUT2D eigenvalue weighted by Crippen LogP contribution is 2.21. The number of methoxy groups -OCH3 is 1. The molecule has 1 N–H and O–H groups in total. The quantitative estimate of drug-likeness (QED) is 0.796. The summed E-state index contributed by atoms with van der Waals surface area (Å²) in [6.45, 7) is 0.790. The van der Waals surface area contributed by atoms with E-state index in [1.165, 1.54) is 5.56 Å². The third-order valence-electron chi connectivity index (χ3n) is 2.70. The second-order valence-corrected chi connectivity index (χ2v) is 3.96. The van der Waals surface area contributed by atoms with Gasteiger partial charge in [-0.2, -0.15) is 0 Å². The number of phenolic OH excluding ortho intramolecular Hbond substituents is 1. The number of hydrogen-bond acceptors (Lipinski definition) is 2. The first kappa shape index (κ1) is 11.0. The van der Waals surface area contributed by atoms with Crippen molar-refractivity contribution in [3.63, 3.8) is 0 Å². The van der Waals surface area contributed by atoms with Gasteiger partial charge in [-0.05, 0) is 41.3 Å². The zero-order chi connectivity index (χ0) is 11.4. The van der Waals surface area contributed by atoms with Crippen LogP contribution >= 0.6 is 0 Å². The molecule has 0 atom stereocenters. The number of aryl methyl sites for hydroxylation is 1. The van der Waals surface area contributed by atoms with E-state index in [0.717, 1.165) is 30.2 Å². The molecule has 2 aromatic rings. The molecule has 0 fully saturated rings. The molecule has 0 heterocycles. The van der Waals surface area contributed by atoms with E-state index in [-0.39, 0.29) is 0 Å². The molecular formula is C14H16O2. The molecule has 2 heteroatoms. The van der Waals surface area contributed by atoms with Crippen molar-refractivity contribution in [1.29, 1.82) is 0 Å². The number of fused-ring (bicyclic) bond motifs is 1. The summed E-state index contributed by atoms with van der Waals surface area (Å²) in [4.78, 5) is 0. The molecule has 0 aromatic heterocycles. The molecule has 2 aromatic carbocycles. The Kier molecular flexibility index (Phi) is 3.42. The lowest BCUT2D eigenvalue weighted by atomic mass is 10.0. The van der Waals surface area contributed by atoms with E-state index in [1.54, 1.807) is 19.2 Å². The molecule has 0 aliphatic carbocycles. The predicted octanol–water partition coefficient (Wildman–Crippen LogP) is 3.12. The maximum Gasteiger partial charge on any atom is 0.116 e. The molecule has 84 valence electrons. The Morgan fingerprint density at radius 3 is 2.69 bits per heavy atom. The highest BCUT2D eigenvalue weighted by Gasteiger charge is 1.98. The first-order valence-electron chi connectivity index (χ1n) is 5.50. The van der Waals surface area contributed by atoms with E-state index in [1.807, 2.05) is 6.07 Å². The summed E-state index contributed by atoms with van der Waals surface area (Å²) in [5.41, 5.74) is 1.29. The van der Waals surface area contributed by atoms with Gasteiger partial charge in [-0.3, -0.25) is 0 Å². The smallest absolute Gasteiger partial charge is 0.116 e. The van der Waals surface area contributed by atoms with E-state index < -0.39 is 0 Å². The highest BCUT2D eigenvalue weighted by atomic mass is 16.5. The Labute approximate surface area is 95.5 Å². The summed E-state index contributed by atoms with van der Waals surface area (Å²) in [5.74, 6) is 0.321. The molecule has 0 saturated carbocycles. The Morgan fingerprint density at radius 2 is 1.88 bits per heavy atom. The summed E-state index contributed by atoms with van der Waals surface area (Å²) < 4.78 is 5.03. The number of ether oxygens (including phenoxy) is 1. The van der Waals surface area contributed by atoms with Gasteiger partial charge >= 0.3 is 0 Å². The molecule has 16 heavy (non-hydrogen) atoms. The number of phenols is 1. The molecule has 0 amide bonds. The molecule has 2 nitrogen and oxygen atoms in total. The fourth-order valence-electron chi connectivity index (χ4n) is 1.86. The highest BCUT2D eigenvalue weighted by molar-refractivity contribution is 5.84. The van der Waals surface area contributed by atoms with Crippen LogP contribution in [-0.4, -0.2) is 18.8 Å². The molecule has 0 aliphatic rings. The van der Waals surface area contributed by atoms with Crippen LogP contribution in [0.15, 0.2) is 36.4 Å². The molecular weight excluding hydrogens is 200 g/mol. The lowest BCUT2D eigenvalue weighted by molar-refractivity contribution is 0.195. The van der Waals surface area contributed by atoms with Crippen molar-refractivity contribution in [2.45, 2.75) is 12.8 Å². The van der Waals surface area contributed by atoms with Crippen molar-refractivity contribution < 1.29 is 9.84 Å². The van der Waals surface area contributed by atoms with Gasteiger partial charge in [0.25, 0.3) is 0 Å². The number of hydrogen-bond donors (Lipinski definition) is 1. The minimum Gasteiger partial charge on any atom is -0.508 e. The summed E-state index contributed by atoms with van der Waals surface area (Å²) in [5, 5.41) is 11.7. The van der Waals surface area contributed by atoms with Gasteiger partial charge in [0, 0.05) is 13.7 Å². The normalized spacial score (nSPS) is 10.8. The van der Waals surface area contributed by atoms with Gasteiger partial charge in [0.05, 0.1) is 0 Å². The molecule has 0 aliphatic heterocycles. The van der Waals surface area contributed by atoms with Crippen LogP contribution in [0.5, 0.6) is 5.75 Å². The Bertz CT molecular complexity index is 477. The summed E-state index contributed by atoms with van der Waals surface area (Å²) >= 11 is 0. The number of aromatic hydroxyl groups is 1. The lowest BCUT2D eigenvalue weighted by Crippen LogP contribution is -1.92. The maximum atomic E-state index is 9.42. The van der Waals surface area contributed by atoms with Crippen molar-refractivity contribution in [1.82, 2.24) is 0 Å². The van der Waals surface area contributed by atoms with E-state index in [9.17, 15) is 5.11 Å². The van der Waals surface area contributed by atoms with Crippen molar-refractivity contribution in [3.05, 3.63) is 42.0 Å². The second-order valence-electron chi connectivity index (χ2n) is 3.96. The molecule has 0 spiro atoms. The van der Waals surface area contributed by atoms with Gasteiger partial charge in [0.2, 0.25) is 0 Å². The minimum absolute atomic E-state index is 0.321. The van der Waals surface area contributed by atoms with Crippen LogP contribution in [0, 0.1) is 0 Å². The molecule has 0 radical (unpaired) electrons. The average Bonchev–Trinajstić information content (AvgIpc) is 2.29. The Hall–Kier alpha value is -1.54. The first-order valence-corrected chi connectivity index (χ1v) is 5.50. The average molecular weight is 216 g/mol. The Morgan fingerprint density at radius 1 is 1.06 bits per heavy atom. The second kappa shape index (κ2) is 4.99. The summed E-state index contributed by atoms with van der Waals surface area (Å²) in [6.07, 6.45) is 2.04. The SMILES string of the molecule is COCCCc1ccc2ccc(O)cc2c1. The third-order valence-corrected chi connectivity index (χ3v) is 2.70. The standard InChI is InChI=1S/C14H16O2/c1-16-8-2-3-11-4-5-12-6-7-14(15)10-13(12)9-11/h4-7,9-10,15H,2-3,8H2,1H3. The zero-order valence-corrected chi connectivity index (χ0v) is 9.44. The van der Waals surface area contributed by atoms with Crippen LogP contribution in [0.1, 0.15) is 12.0 Å². The van der Waals surface area contributed by atoms with Gasteiger partial charge in [-0.1, -0.05) is 24.3 Å². The van der Waals surface area contributed by atoms with Crippen LogP contribution in [-0.2, 0) is 11.2 Å². The van der Waals surface area contributed by atoms with Crippen LogP contribution in [0.25, 0.3) is 10.8 Å². The van der Waals surface area contributed by atoms with Gasteiger partial charge in [-0.25, -0.2) is 0 Å². The fourth-order valence-corrected chi connectivity index (χ4v) is 1.86. The van der Waals surface area contributed by atoms with Crippen molar-refractivity contribution in [3.8, 4) is 5.75 Å². The molecule has 0 unspecified atom stereocenters.